The number of hydrogen-bond acceptors (Lipinski definition) is 8. The number of aliphatic hydroxyl groups is 2. The number of hydrogen-bond donors (Lipinski definition) is 3. The molecule has 0 saturated heterocycles. The molecule has 1 heterocycles. The molecular weight excluding hydrogens is 426 g/mol. The van der Waals surface area contributed by atoms with E-state index in [-0.39, 0.29) is 13.0 Å². The first-order valence-electron chi connectivity index (χ1n) is 10.5. The number of nitrogens with zero attached hydrogens (tertiary/aromatic N) is 2. The molecule has 3 rings (SSSR count). The highest BCUT2D eigenvalue weighted by Crippen LogP contribution is 2.31. The number of ether oxygens (including phenoxy) is 1. The number of primary amides is 1. The molecule has 0 aliphatic carbocycles. The van der Waals surface area contributed by atoms with E-state index in [0.29, 0.717) is 35.0 Å². The minimum absolute atomic E-state index is 0.101. The van der Waals surface area contributed by atoms with E-state index < -0.39 is 18.1 Å². The summed E-state index contributed by atoms with van der Waals surface area (Å²) in [5, 5.41) is 23.6. The molecule has 0 aliphatic rings. The number of nitrogens with two attached hydrogens (primary N) is 1. The molecule has 1 unspecified atom stereocenters. The molecule has 0 radical (unpaired) electrons. The van der Waals surface area contributed by atoms with Crippen LogP contribution in [0.2, 0.25) is 0 Å². The lowest BCUT2D eigenvalue weighted by Crippen LogP contribution is -2.33. The van der Waals surface area contributed by atoms with Crippen molar-refractivity contribution in [3.8, 4) is 28.6 Å². The van der Waals surface area contributed by atoms with Gasteiger partial charge in [0.2, 0.25) is 11.7 Å². The molecule has 1 amide bonds. The topological polar surface area (TPSA) is 149 Å². The Balaban J connectivity index is 1.82. The van der Waals surface area contributed by atoms with Crippen molar-refractivity contribution in [1.82, 2.24) is 10.1 Å². The molecule has 1 aromatic heterocycles. The van der Waals surface area contributed by atoms with Crippen molar-refractivity contribution in [2.75, 3.05) is 6.61 Å². The molecular formula is C24H27N3O6. The zero-order valence-corrected chi connectivity index (χ0v) is 18.7. The van der Waals surface area contributed by atoms with E-state index in [0.717, 1.165) is 28.5 Å². The standard InChI is InChI=1S/C24H27N3O6/c1-4-16-9-17(7-14(3)21(16)32-12-19(29)10-20(30)22(25)31)23-26-24(33-27-23)18-6-13(2)5-15(8-18)11-28/h5-9,11,19-20,29-30H,4,10,12H2,1-3H3,(H2,25,31)/t19-,20?/m0/s1. The molecule has 0 aliphatic heterocycles. The van der Waals surface area contributed by atoms with Gasteiger partial charge in [-0.3, -0.25) is 9.59 Å². The fourth-order valence-electron chi connectivity index (χ4n) is 3.53. The Bertz CT molecular complexity index is 1160. The smallest absolute Gasteiger partial charge is 0.258 e. The van der Waals surface area contributed by atoms with Crippen LogP contribution in [0.4, 0.5) is 0 Å². The van der Waals surface area contributed by atoms with Crippen molar-refractivity contribution < 1.29 is 29.1 Å². The molecule has 0 fully saturated rings. The average Bonchev–Trinajstić information content (AvgIpc) is 3.27. The van der Waals surface area contributed by atoms with Gasteiger partial charge in [0.05, 0.1) is 6.10 Å². The summed E-state index contributed by atoms with van der Waals surface area (Å²) in [6.45, 7) is 5.61. The van der Waals surface area contributed by atoms with Crippen LogP contribution in [0.5, 0.6) is 5.75 Å². The summed E-state index contributed by atoms with van der Waals surface area (Å²) in [5.74, 6) is 0.417. The molecule has 2 aromatic carbocycles. The predicted octanol–water partition coefficient (Wildman–Crippen LogP) is 2.37. The lowest BCUT2D eigenvalue weighted by atomic mass is 10.0. The SMILES string of the molecule is CCc1cc(-c2noc(-c3cc(C)cc(C=O)c3)n2)cc(C)c1OC[C@@H](O)CC(O)C(N)=O. The van der Waals surface area contributed by atoms with Crippen LogP contribution in [-0.4, -0.2) is 51.4 Å². The minimum atomic E-state index is -1.43. The lowest BCUT2D eigenvalue weighted by Gasteiger charge is -2.18. The summed E-state index contributed by atoms with van der Waals surface area (Å²) in [5.41, 5.74) is 9.53. The van der Waals surface area contributed by atoms with E-state index in [2.05, 4.69) is 10.1 Å². The van der Waals surface area contributed by atoms with Crippen molar-refractivity contribution in [2.24, 2.45) is 5.73 Å². The molecule has 3 aromatic rings. The Morgan fingerprint density at radius 1 is 1.18 bits per heavy atom. The summed E-state index contributed by atoms with van der Waals surface area (Å²) >= 11 is 0. The maximum absolute atomic E-state index is 11.2. The van der Waals surface area contributed by atoms with Crippen LogP contribution in [0.3, 0.4) is 0 Å². The fourth-order valence-corrected chi connectivity index (χ4v) is 3.53. The largest absolute Gasteiger partial charge is 0.490 e. The molecule has 9 heteroatoms. The summed E-state index contributed by atoms with van der Waals surface area (Å²) < 4.78 is 11.2. The van der Waals surface area contributed by atoms with E-state index in [1.807, 2.05) is 39.0 Å². The van der Waals surface area contributed by atoms with Crippen molar-refractivity contribution in [3.05, 3.63) is 52.6 Å². The summed E-state index contributed by atoms with van der Waals surface area (Å²) in [7, 11) is 0. The number of aryl methyl sites for hydroxylation is 3. The van der Waals surface area contributed by atoms with Gasteiger partial charge in [-0.15, -0.1) is 0 Å². The number of carbonyl (C=O) groups excluding carboxylic acids is 2. The van der Waals surface area contributed by atoms with Gasteiger partial charge in [-0.2, -0.15) is 4.98 Å². The molecule has 9 nitrogen and oxygen atoms in total. The van der Waals surface area contributed by atoms with Gasteiger partial charge in [-0.25, -0.2) is 0 Å². The number of amides is 1. The Labute approximate surface area is 191 Å². The fraction of sp³-hybridized carbons (Fsp3) is 0.333. The van der Waals surface area contributed by atoms with Crippen molar-refractivity contribution >= 4 is 12.2 Å². The second-order valence-corrected chi connectivity index (χ2v) is 7.93. The van der Waals surface area contributed by atoms with Crippen LogP contribution in [0.1, 0.15) is 40.4 Å². The van der Waals surface area contributed by atoms with Crippen LogP contribution >= 0.6 is 0 Å². The average molecular weight is 453 g/mol. The Morgan fingerprint density at radius 3 is 2.61 bits per heavy atom. The highest BCUT2D eigenvalue weighted by atomic mass is 16.5. The van der Waals surface area contributed by atoms with E-state index in [4.69, 9.17) is 15.0 Å². The van der Waals surface area contributed by atoms with Crippen molar-refractivity contribution in [2.45, 2.75) is 45.8 Å². The number of benzene rings is 2. The summed E-state index contributed by atoms with van der Waals surface area (Å²) in [6.07, 6.45) is -1.27. The van der Waals surface area contributed by atoms with Crippen LogP contribution in [0.15, 0.2) is 34.9 Å². The first kappa shape index (κ1) is 24.1. The third-order valence-electron chi connectivity index (χ3n) is 5.14. The Morgan fingerprint density at radius 2 is 1.94 bits per heavy atom. The monoisotopic (exact) mass is 453 g/mol. The third kappa shape index (κ3) is 5.82. The highest BCUT2D eigenvalue weighted by molar-refractivity contribution is 5.79. The van der Waals surface area contributed by atoms with E-state index in [9.17, 15) is 19.8 Å². The van der Waals surface area contributed by atoms with Gasteiger partial charge in [0.25, 0.3) is 5.89 Å². The first-order chi connectivity index (χ1) is 15.7. The van der Waals surface area contributed by atoms with Crippen LogP contribution in [0, 0.1) is 13.8 Å². The predicted molar refractivity (Wildman–Crippen MR) is 121 cm³/mol. The van der Waals surface area contributed by atoms with Crippen LogP contribution in [0.25, 0.3) is 22.8 Å². The number of aldehydes is 1. The quantitative estimate of drug-likeness (QED) is 0.396. The summed E-state index contributed by atoms with van der Waals surface area (Å²) in [4.78, 5) is 26.6. The first-order valence-corrected chi connectivity index (χ1v) is 10.5. The van der Waals surface area contributed by atoms with Gasteiger partial charge < -0.3 is 25.2 Å². The van der Waals surface area contributed by atoms with E-state index >= 15 is 0 Å². The van der Waals surface area contributed by atoms with E-state index in [1.165, 1.54) is 0 Å². The van der Waals surface area contributed by atoms with Crippen LogP contribution < -0.4 is 10.5 Å². The molecule has 174 valence electrons. The zero-order chi connectivity index (χ0) is 24.1. The molecule has 0 bridgehead atoms. The van der Waals surface area contributed by atoms with Gasteiger partial charge >= 0.3 is 0 Å². The number of aliphatic hydroxyl groups excluding tert-OH is 2. The van der Waals surface area contributed by atoms with Gasteiger partial charge in [-0.05, 0) is 67.3 Å². The minimum Gasteiger partial charge on any atom is -0.490 e. The third-order valence-corrected chi connectivity index (χ3v) is 5.14. The lowest BCUT2D eigenvalue weighted by molar-refractivity contribution is -0.127. The maximum Gasteiger partial charge on any atom is 0.258 e. The van der Waals surface area contributed by atoms with Gasteiger partial charge in [0.15, 0.2) is 0 Å². The zero-order valence-electron chi connectivity index (χ0n) is 18.7. The maximum atomic E-state index is 11.2. The molecule has 2 atom stereocenters. The number of aromatic nitrogens is 2. The van der Waals surface area contributed by atoms with Crippen molar-refractivity contribution in [1.29, 1.82) is 0 Å². The van der Waals surface area contributed by atoms with Gasteiger partial charge in [0, 0.05) is 23.1 Å². The van der Waals surface area contributed by atoms with Gasteiger partial charge in [0.1, 0.15) is 24.7 Å². The normalized spacial score (nSPS) is 12.9. The molecule has 4 N–H and O–H groups in total. The second kappa shape index (κ2) is 10.4. The van der Waals surface area contributed by atoms with Gasteiger partial charge in [-0.1, -0.05) is 12.1 Å². The Hall–Kier alpha value is -3.56. The highest BCUT2D eigenvalue weighted by Gasteiger charge is 2.19. The second-order valence-electron chi connectivity index (χ2n) is 7.93. The Kier molecular flexibility index (Phi) is 7.57. The van der Waals surface area contributed by atoms with Crippen LogP contribution in [-0.2, 0) is 11.2 Å². The number of rotatable bonds is 10. The molecule has 0 spiro atoms. The molecule has 0 saturated carbocycles. The number of carbonyl (C=O) groups is 2. The molecule has 33 heavy (non-hydrogen) atoms. The van der Waals surface area contributed by atoms with Crippen molar-refractivity contribution in [3.63, 3.8) is 0 Å². The summed E-state index contributed by atoms with van der Waals surface area (Å²) in [6, 6.07) is 9.06. The van der Waals surface area contributed by atoms with E-state index in [1.54, 1.807) is 12.1 Å².